The Morgan fingerprint density at radius 3 is 2.65 bits per heavy atom. The highest BCUT2D eigenvalue weighted by molar-refractivity contribution is 5.87. The van der Waals surface area contributed by atoms with Crippen molar-refractivity contribution in [3.05, 3.63) is 29.8 Å². The number of para-hydroxylation sites is 1. The number of amides is 1. The van der Waals surface area contributed by atoms with Crippen LogP contribution in [0.1, 0.15) is 45.1 Å². The summed E-state index contributed by atoms with van der Waals surface area (Å²) < 4.78 is 0. The highest BCUT2D eigenvalue weighted by Crippen LogP contribution is 2.35. The molecular weight excluding hydrogens is 248 g/mol. The number of anilines is 1. The predicted molar refractivity (Wildman–Crippen MR) is 81.7 cm³/mol. The number of carbonyl (C=O) groups excluding carboxylic acids is 1. The van der Waals surface area contributed by atoms with Crippen LogP contribution in [-0.4, -0.2) is 18.0 Å². The van der Waals surface area contributed by atoms with Gasteiger partial charge in [0.05, 0.1) is 0 Å². The van der Waals surface area contributed by atoms with Crippen molar-refractivity contribution >= 4 is 11.6 Å². The number of hydrogen-bond acceptors (Lipinski definition) is 2. The maximum Gasteiger partial charge on any atom is 0.243 e. The van der Waals surface area contributed by atoms with Crippen LogP contribution in [0.5, 0.6) is 0 Å². The smallest absolute Gasteiger partial charge is 0.243 e. The van der Waals surface area contributed by atoms with E-state index in [1.54, 1.807) is 0 Å². The number of rotatable bonds is 2. The molecule has 3 nitrogen and oxygen atoms in total. The second-order valence-electron chi connectivity index (χ2n) is 7.01. The molecule has 1 amide bonds. The average molecular weight is 272 g/mol. The Morgan fingerprint density at radius 1 is 1.25 bits per heavy atom. The molecule has 1 atom stereocenters. The lowest BCUT2D eigenvalue weighted by Crippen LogP contribution is -2.45. The van der Waals surface area contributed by atoms with Crippen LogP contribution in [0.2, 0.25) is 0 Å². The predicted octanol–water partition coefficient (Wildman–Crippen LogP) is 3.11. The van der Waals surface area contributed by atoms with Crippen molar-refractivity contribution in [1.82, 2.24) is 5.32 Å². The Balaban J connectivity index is 1.54. The first-order valence-corrected chi connectivity index (χ1v) is 7.68. The molecule has 1 saturated carbocycles. The van der Waals surface area contributed by atoms with Crippen molar-refractivity contribution in [2.45, 2.75) is 58.0 Å². The lowest BCUT2D eigenvalue weighted by atomic mass is 9.75. The molecule has 2 aliphatic rings. The second-order valence-corrected chi connectivity index (χ2v) is 7.01. The molecule has 3 heteroatoms. The molecule has 1 aliphatic heterocycles. The molecule has 1 aromatic carbocycles. The van der Waals surface area contributed by atoms with E-state index >= 15 is 0 Å². The fourth-order valence-electron chi connectivity index (χ4n) is 3.30. The van der Waals surface area contributed by atoms with E-state index in [0.717, 1.165) is 24.9 Å². The summed E-state index contributed by atoms with van der Waals surface area (Å²) >= 11 is 0. The molecule has 0 spiro atoms. The van der Waals surface area contributed by atoms with Gasteiger partial charge >= 0.3 is 0 Å². The maximum atomic E-state index is 12.4. The van der Waals surface area contributed by atoms with Gasteiger partial charge < -0.3 is 10.6 Å². The molecule has 0 bridgehead atoms. The molecule has 1 aliphatic carbocycles. The molecule has 1 fully saturated rings. The first-order valence-electron chi connectivity index (χ1n) is 7.68. The topological polar surface area (TPSA) is 41.1 Å². The van der Waals surface area contributed by atoms with Gasteiger partial charge in [-0.1, -0.05) is 32.0 Å². The zero-order valence-electron chi connectivity index (χ0n) is 12.4. The summed E-state index contributed by atoms with van der Waals surface area (Å²) in [6.07, 6.45) is 5.43. The summed E-state index contributed by atoms with van der Waals surface area (Å²) in [6, 6.07) is 8.45. The van der Waals surface area contributed by atoms with Crippen LogP contribution >= 0.6 is 0 Å². The van der Waals surface area contributed by atoms with Gasteiger partial charge in [0, 0.05) is 18.2 Å². The van der Waals surface area contributed by atoms with E-state index in [2.05, 4.69) is 30.5 Å². The molecule has 0 saturated heterocycles. The highest BCUT2D eigenvalue weighted by Gasteiger charge is 2.31. The Labute approximate surface area is 121 Å². The van der Waals surface area contributed by atoms with Gasteiger partial charge in [0.25, 0.3) is 0 Å². The van der Waals surface area contributed by atoms with Crippen molar-refractivity contribution in [3.8, 4) is 0 Å². The Hall–Kier alpha value is -1.51. The van der Waals surface area contributed by atoms with Crippen LogP contribution in [-0.2, 0) is 11.2 Å². The van der Waals surface area contributed by atoms with Crippen molar-refractivity contribution in [2.24, 2.45) is 5.41 Å². The van der Waals surface area contributed by atoms with Gasteiger partial charge in [-0.25, -0.2) is 0 Å². The van der Waals surface area contributed by atoms with Crippen LogP contribution in [0.25, 0.3) is 0 Å². The van der Waals surface area contributed by atoms with E-state index in [1.807, 2.05) is 18.2 Å². The lowest BCUT2D eigenvalue weighted by molar-refractivity contribution is -0.122. The quantitative estimate of drug-likeness (QED) is 0.868. The summed E-state index contributed by atoms with van der Waals surface area (Å²) in [4.78, 5) is 12.4. The van der Waals surface area contributed by atoms with Crippen molar-refractivity contribution in [1.29, 1.82) is 0 Å². The van der Waals surface area contributed by atoms with Crippen molar-refractivity contribution in [3.63, 3.8) is 0 Å². The maximum absolute atomic E-state index is 12.4. The fourth-order valence-corrected chi connectivity index (χ4v) is 3.30. The van der Waals surface area contributed by atoms with Gasteiger partial charge in [0.1, 0.15) is 6.04 Å². The standard InChI is InChI=1S/C17H24N2O/c1-17(2)9-7-13(8-10-17)18-16(20)15-11-12-5-3-4-6-14(12)19-15/h3-6,13,15,19H,7-11H2,1-2H3,(H,18,20)/t15-/m0/s1. The van der Waals surface area contributed by atoms with E-state index < -0.39 is 0 Å². The minimum absolute atomic E-state index is 0.0951. The number of hydrogen-bond donors (Lipinski definition) is 2. The third-order valence-electron chi connectivity index (χ3n) is 4.77. The molecule has 2 N–H and O–H groups in total. The zero-order valence-corrected chi connectivity index (χ0v) is 12.4. The molecule has 0 radical (unpaired) electrons. The SMILES string of the molecule is CC1(C)CCC(NC(=O)[C@@H]2Cc3ccccc3N2)CC1. The molecule has 3 rings (SSSR count). The van der Waals surface area contributed by atoms with E-state index in [4.69, 9.17) is 0 Å². The zero-order chi connectivity index (χ0) is 14.2. The van der Waals surface area contributed by atoms with Crippen LogP contribution in [0.4, 0.5) is 5.69 Å². The Morgan fingerprint density at radius 2 is 1.95 bits per heavy atom. The Kier molecular flexibility index (Phi) is 3.45. The van der Waals surface area contributed by atoms with Gasteiger partial charge in [-0.2, -0.15) is 0 Å². The van der Waals surface area contributed by atoms with Crippen LogP contribution in [0.15, 0.2) is 24.3 Å². The van der Waals surface area contributed by atoms with Gasteiger partial charge in [-0.3, -0.25) is 4.79 Å². The first-order chi connectivity index (χ1) is 9.53. The summed E-state index contributed by atoms with van der Waals surface area (Å²) in [5.41, 5.74) is 2.80. The molecular formula is C17H24N2O. The van der Waals surface area contributed by atoms with Crippen molar-refractivity contribution in [2.75, 3.05) is 5.32 Å². The van der Waals surface area contributed by atoms with E-state index in [0.29, 0.717) is 11.5 Å². The minimum atomic E-state index is -0.0951. The third-order valence-corrected chi connectivity index (χ3v) is 4.77. The molecule has 0 unspecified atom stereocenters. The van der Waals surface area contributed by atoms with Crippen LogP contribution < -0.4 is 10.6 Å². The molecule has 0 aromatic heterocycles. The first kappa shape index (κ1) is 13.5. The molecule has 20 heavy (non-hydrogen) atoms. The van der Waals surface area contributed by atoms with Crippen LogP contribution in [0, 0.1) is 5.41 Å². The van der Waals surface area contributed by atoms with Gasteiger partial charge in [0.2, 0.25) is 5.91 Å². The Bertz CT molecular complexity index is 474. The van der Waals surface area contributed by atoms with E-state index in [9.17, 15) is 4.79 Å². The summed E-state index contributed by atoms with van der Waals surface area (Å²) in [5, 5.41) is 6.56. The minimum Gasteiger partial charge on any atom is -0.373 e. The normalized spacial score (nSPS) is 24.8. The summed E-state index contributed by atoms with van der Waals surface area (Å²) in [6.45, 7) is 4.64. The number of carbonyl (C=O) groups is 1. The largest absolute Gasteiger partial charge is 0.373 e. The monoisotopic (exact) mass is 272 g/mol. The van der Waals surface area contributed by atoms with E-state index in [1.165, 1.54) is 18.4 Å². The average Bonchev–Trinajstić information content (AvgIpc) is 2.85. The van der Waals surface area contributed by atoms with E-state index in [-0.39, 0.29) is 11.9 Å². The van der Waals surface area contributed by atoms with Gasteiger partial charge in [-0.15, -0.1) is 0 Å². The fraction of sp³-hybridized carbons (Fsp3) is 0.588. The lowest BCUT2D eigenvalue weighted by Gasteiger charge is -2.35. The van der Waals surface area contributed by atoms with Gasteiger partial charge in [-0.05, 0) is 42.7 Å². The number of nitrogens with one attached hydrogen (secondary N) is 2. The van der Waals surface area contributed by atoms with Gasteiger partial charge in [0.15, 0.2) is 0 Å². The molecule has 1 aromatic rings. The van der Waals surface area contributed by atoms with Crippen LogP contribution in [0.3, 0.4) is 0 Å². The second kappa shape index (κ2) is 5.12. The summed E-state index contributed by atoms with van der Waals surface area (Å²) in [7, 11) is 0. The van der Waals surface area contributed by atoms with Crippen molar-refractivity contribution < 1.29 is 4.79 Å². The highest BCUT2D eigenvalue weighted by atomic mass is 16.2. The molecule has 1 heterocycles. The third kappa shape index (κ3) is 2.82. The molecule has 108 valence electrons. The summed E-state index contributed by atoms with van der Waals surface area (Å²) in [5.74, 6) is 0.158. The number of benzene rings is 1. The number of fused-ring (bicyclic) bond motifs is 1.